The average molecular weight is 228 g/mol. The van der Waals surface area contributed by atoms with Gasteiger partial charge in [-0.1, -0.05) is 0 Å². The quantitative estimate of drug-likeness (QED) is 0.566. The van der Waals surface area contributed by atoms with Gasteiger partial charge in [-0.2, -0.15) is 0 Å². The second-order valence-corrected chi connectivity index (χ2v) is 3.52. The zero-order valence-corrected chi connectivity index (χ0v) is 7.91. The molecule has 0 atom stereocenters. The summed E-state index contributed by atoms with van der Waals surface area (Å²) in [4.78, 5) is 42.0. The van der Waals surface area contributed by atoms with Crippen LogP contribution >= 0.6 is 11.3 Å². The van der Waals surface area contributed by atoms with Crippen molar-refractivity contribution in [1.82, 2.24) is 0 Å². The molecule has 0 saturated heterocycles. The maximum Gasteiger partial charge on any atom is 0.378 e. The molecule has 1 aromatic rings. The van der Waals surface area contributed by atoms with Crippen molar-refractivity contribution in [2.24, 2.45) is 0 Å². The minimum Gasteiger partial charge on any atom is -0.475 e. The molecule has 0 unspecified atom stereocenters. The molecule has 7 heteroatoms. The Kier molecular flexibility index (Phi) is 2.96. The fourth-order valence-electron chi connectivity index (χ4n) is 0.793. The van der Waals surface area contributed by atoms with Crippen molar-refractivity contribution in [2.45, 2.75) is 0 Å². The third kappa shape index (κ3) is 2.26. The van der Waals surface area contributed by atoms with Crippen LogP contribution in [0.3, 0.4) is 0 Å². The number of rotatable bonds is 4. The van der Waals surface area contributed by atoms with Gasteiger partial charge in [-0.15, -0.1) is 11.3 Å². The normalized spacial score (nSPS) is 9.60. The molecule has 1 rings (SSSR count). The van der Waals surface area contributed by atoms with Crippen molar-refractivity contribution < 1.29 is 29.4 Å². The van der Waals surface area contributed by atoms with Crippen LogP contribution < -0.4 is 0 Å². The summed E-state index contributed by atoms with van der Waals surface area (Å²) in [5.41, 5.74) is 0. The molecule has 0 spiro atoms. The summed E-state index contributed by atoms with van der Waals surface area (Å²) in [7, 11) is 0. The molecule has 0 fully saturated rings. The summed E-state index contributed by atoms with van der Waals surface area (Å²) in [5.74, 6) is -5.62. The lowest BCUT2D eigenvalue weighted by Gasteiger charge is -1.88. The Morgan fingerprint density at radius 3 is 1.47 bits per heavy atom. The first-order valence-corrected chi connectivity index (χ1v) is 4.40. The molecule has 78 valence electrons. The highest BCUT2D eigenvalue weighted by Gasteiger charge is 2.21. The number of carbonyl (C=O) groups is 4. The van der Waals surface area contributed by atoms with Crippen molar-refractivity contribution in [3.05, 3.63) is 21.9 Å². The van der Waals surface area contributed by atoms with Crippen LogP contribution in [-0.4, -0.2) is 33.7 Å². The first-order valence-electron chi connectivity index (χ1n) is 3.58. The van der Waals surface area contributed by atoms with E-state index in [1.807, 2.05) is 0 Å². The van der Waals surface area contributed by atoms with E-state index in [2.05, 4.69) is 0 Å². The van der Waals surface area contributed by atoms with Gasteiger partial charge in [0.2, 0.25) is 0 Å². The van der Waals surface area contributed by atoms with E-state index in [0.717, 1.165) is 12.1 Å². The first kappa shape index (κ1) is 11.1. The molecular formula is C8H4O6S. The van der Waals surface area contributed by atoms with Crippen LogP contribution in [-0.2, 0) is 9.59 Å². The largest absolute Gasteiger partial charge is 0.475 e. The van der Waals surface area contributed by atoms with Gasteiger partial charge in [0.1, 0.15) is 0 Å². The number of hydrogen-bond acceptors (Lipinski definition) is 5. The van der Waals surface area contributed by atoms with Gasteiger partial charge in [-0.25, -0.2) is 9.59 Å². The van der Waals surface area contributed by atoms with Crippen molar-refractivity contribution in [2.75, 3.05) is 0 Å². The van der Waals surface area contributed by atoms with Gasteiger partial charge in [0.05, 0.1) is 9.75 Å². The Labute approximate surface area is 86.8 Å². The molecule has 2 N–H and O–H groups in total. The van der Waals surface area contributed by atoms with Gasteiger partial charge in [-0.3, -0.25) is 9.59 Å². The monoisotopic (exact) mass is 228 g/mol. The number of ketones is 2. The molecule has 0 aliphatic heterocycles. The van der Waals surface area contributed by atoms with Crippen LogP contribution in [0.5, 0.6) is 0 Å². The molecule has 15 heavy (non-hydrogen) atoms. The Morgan fingerprint density at radius 1 is 0.867 bits per heavy atom. The summed E-state index contributed by atoms with van der Waals surface area (Å²) >= 11 is 0.545. The van der Waals surface area contributed by atoms with E-state index in [-0.39, 0.29) is 9.75 Å². The SMILES string of the molecule is O=C(O)C(=O)c1ccc(C(=O)C(=O)O)s1. The fraction of sp³-hybridized carbons (Fsp3) is 0. The van der Waals surface area contributed by atoms with E-state index in [0.29, 0.717) is 11.3 Å². The smallest absolute Gasteiger partial charge is 0.378 e. The number of hydrogen-bond donors (Lipinski definition) is 2. The number of carbonyl (C=O) groups excluding carboxylic acids is 2. The van der Waals surface area contributed by atoms with E-state index in [9.17, 15) is 19.2 Å². The zero-order chi connectivity index (χ0) is 11.6. The van der Waals surface area contributed by atoms with Gasteiger partial charge in [0, 0.05) is 0 Å². The second kappa shape index (κ2) is 4.01. The topological polar surface area (TPSA) is 109 Å². The van der Waals surface area contributed by atoms with E-state index in [1.54, 1.807) is 0 Å². The number of carboxylic acids is 2. The van der Waals surface area contributed by atoms with Crippen LogP contribution in [0.15, 0.2) is 12.1 Å². The minimum absolute atomic E-state index is 0.174. The third-order valence-electron chi connectivity index (χ3n) is 1.44. The molecule has 0 aliphatic carbocycles. The molecule has 0 amide bonds. The number of Topliss-reactive ketones (excluding diaryl/α,β-unsaturated/α-hetero) is 2. The van der Waals surface area contributed by atoms with Crippen molar-refractivity contribution in [3.8, 4) is 0 Å². The minimum atomic E-state index is -1.65. The Hall–Kier alpha value is -2.02. The van der Waals surface area contributed by atoms with Crippen LogP contribution in [0, 0.1) is 0 Å². The highest BCUT2D eigenvalue weighted by molar-refractivity contribution is 7.17. The van der Waals surface area contributed by atoms with Crippen LogP contribution in [0.4, 0.5) is 0 Å². The Morgan fingerprint density at radius 2 is 1.20 bits per heavy atom. The molecule has 0 aromatic carbocycles. The van der Waals surface area contributed by atoms with Crippen molar-refractivity contribution in [1.29, 1.82) is 0 Å². The van der Waals surface area contributed by atoms with Gasteiger partial charge in [-0.05, 0) is 12.1 Å². The highest BCUT2D eigenvalue weighted by atomic mass is 32.1. The van der Waals surface area contributed by atoms with E-state index in [1.165, 1.54) is 0 Å². The molecule has 6 nitrogen and oxygen atoms in total. The van der Waals surface area contributed by atoms with Crippen LogP contribution in [0.1, 0.15) is 19.3 Å². The predicted octanol–water partition coefficient (Wildman–Crippen LogP) is 0.283. The second-order valence-electron chi connectivity index (χ2n) is 2.43. The number of aliphatic carboxylic acids is 2. The van der Waals surface area contributed by atoms with Gasteiger partial charge in [0.25, 0.3) is 11.6 Å². The molecule has 1 heterocycles. The summed E-state index contributed by atoms with van der Waals surface area (Å²) in [6, 6.07) is 2.22. The molecule has 1 aromatic heterocycles. The third-order valence-corrected chi connectivity index (χ3v) is 2.52. The lowest BCUT2D eigenvalue weighted by Crippen LogP contribution is -2.11. The highest BCUT2D eigenvalue weighted by Crippen LogP contribution is 2.17. The predicted molar refractivity (Wildman–Crippen MR) is 48.3 cm³/mol. The van der Waals surface area contributed by atoms with E-state index in [4.69, 9.17) is 10.2 Å². The zero-order valence-electron chi connectivity index (χ0n) is 7.09. The average Bonchev–Trinajstić information content (AvgIpc) is 2.63. The first-order chi connectivity index (χ1) is 6.93. The maximum absolute atomic E-state index is 10.9. The molecule has 0 saturated carbocycles. The maximum atomic E-state index is 10.9. The van der Waals surface area contributed by atoms with E-state index < -0.39 is 23.5 Å². The summed E-state index contributed by atoms with van der Waals surface area (Å²) in [5, 5.41) is 16.7. The van der Waals surface area contributed by atoms with Crippen molar-refractivity contribution in [3.63, 3.8) is 0 Å². The Balaban J connectivity index is 3.00. The van der Waals surface area contributed by atoms with Gasteiger partial charge in [0.15, 0.2) is 0 Å². The Bertz CT molecular complexity index is 417. The van der Waals surface area contributed by atoms with Gasteiger partial charge < -0.3 is 10.2 Å². The molecular weight excluding hydrogens is 224 g/mol. The fourth-order valence-corrected chi connectivity index (χ4v) is 1.66. The molecule has 0 radical (unpaired) electrons. The summed E-state index contributed by atoms with van der Waals surface area (Å²) in [6.07, 6.45) is 0. The lowest BCUT2D eigenvalue weighted by atomic mass is 10.3. The van der Waals surface area contributed by atoms with E-state index >= 15 is 0 Å². The number of thiophene rings is 1. The van der Waals surface area contributed by atoms with Crippen molar-refractivity contribution >= 4 is 34.8 Å². The number of carboxylic acid groups (broad SMARTS) is 2. The lowest BCUT2D eigenvalue weighted by molar-refractivity contribution is -0.132. The summed E-state index contributed by atoms with van der Waals surface area (Å²) in [6.45, 7) is 0. The standard InChI is InChI=1S/C8H4O6S/c9-5(7(11)12)3-1-2-4(15-3)6(10)8(13)14/h1-2H,(H,11,12)(H,13,14). The van der Waals surface area contributed by atoms with Gasteiger partial charge >= 0.3 is 11.9 Å². The molecule has 0 bridgehead atoms. The summed E-state index contributed by atoms with van der Waals surface area (Å²) < 4.78 is 0. The molecule has 0 aliphatic rings. The van der Waals surface area contributed by atoms with Crippen LogP contribution in [0.2, 0.25) is 0 Å². The van der Waals surface area contributed by atoms with Crippen LogP contribution in [0.25, 0.3) is 0 Å².